The van der Waals surface area contributed by atoms with Crippen LogP contribution in [-0.2, 0) is 6.18 Å². The van der Waals surface area contributed by atoms with E-state index >= 15 is 0 Å². The van der Waals surface area contributed by atoms with E-state index < -0.39 is 23.9 Å². The maximum absolute atomic E-state index is 12.2. The molecular weight excluding hydrogens is 207 g/mol. The van der Waals surface area contributed by atoms with Crippen molar-refractivity contribution in [2.45, 2.75) is 25.2 Å². The van der Waals surface area contributed by atoms with Crippen molar-refractivity contribution < 1.29 is 18.3 Å². The Bertz CT molecular complexity index is 318. The van der Waals surface area contributed by atoms with Crippen LogP contribution in [0.2, 0.25) is 0 Å². The Morgan fingerprint density at radius 3 is 2.00 bits per heavy atom. The number of alkyl halides is 3. The van der Waals surface area contributed by atoms with E-state index in [0.717, 1.165) is 12.1 Å². The van der Waals surface area contributed by atoms with E-state index in [9.17, 15) is 18.3 Å². The predicted octanol–water partition coefficient (Wildman–Crippen LogP) is 2.09. The zero-order chi connectivity index (χ0) is 11.6. The number of rotatable bonds is 2. The molecule has 0 aliphatic rings. The minimum Gasteiger partial charge on any atom is -0.387 e. The Balaban J connectivity index is 2.91. The average molecular weight is 219 g/mol. The van der Waals surface area contributed by atoms with Crippen LogP contribution in [0.1, 0.15) is 24.2 Å². The van der Waals surface area contributed by atoms with E-state index in [4.69, 9.17) is 5.73 Å². The quantitative estimate of drug-likeness (QED) is 0.800. The van der Waals surface area contributed by atoms with Crippen molar-refractivity contribution in [3.8, 4) is 0 Å². The van der Waals surface area contributed by atoms with Crippen LogP contribution in [0.15, 0.2) is 24.3 Å². The second-order valence-electron chi connectivity index (χ2n) is 3.42. The van der Waals surface area contributed by atoms with Crippen molar-refractivity contribution in [1.29, 1.82) is 0 Å². The zero-order valence-electron chi connectivity index (χ0n) is 8.12. The molecule has 2 atom stereocenters. The van der Waals surface area contributed by atoms with Crippen LogP contribution in [-0.4, -0.2) is 11.1 Å². The van der Waals surface area contributed by atoms with Gasteiger partial charge in [-0.1, -0.05) is 12.1 Å². The Kier molecular flexibility index (Phi) is 3.36. The lowest BCUT2D eigenvalue weighted by molar-refractivity contribution is -0.137. The Morgan fingerprint density at radius 2 is 1.67 bits per heavy atom. The number of nitrogens with two attached hydrogens (primary N) is 1. The normalized spacial score (nSPS) is 16.1. The molecule has 3 N–H and O–H groups in total. The molecule has 1 aromatic rings. The van der Waals surface area contributed by atoms with Crippen molar-refractivity contribution in [1.82, 2.24) is 0 Å². The minimum atomic E-state index is -4.35. The van der Waals surface area contributed by atoms with Crippen molar-refractivity contribution >= 4 is 0 Å². The SMILES string of the molecule is C[C@@H](N)[C@@H](O)c1ccc(C(F)(F)F)cc1. The summed E-state index contributed by atoms with van der Waals surface area (Å²) in [6.07, 6.45) is -5.29. The smallest absolute Gasteiger partial charge is 0.387 e. The number of hydrogen-bond donors (Lipinski definition) is 2. The van der Waals surface area contributed by atoms with Gasteiger partial charge in [-0.2, -0.15) is 13.2 Å². The number of halogens is 3. The average Bonchev–Trinajstić information content (AvgIpc) is 2.15. The lowest BCUT2D eigenvalue weighted by atomic mass is 10.0. The molecule has 15 heavy (non-hydrogen) atoms. The van der Waals surface area contributed by atoms with Gasteiger partial charge in [-0.15, -0.1) is 0 Å². The molecule has 0 heterocycles. The minimum absolute atomic E-state index is 0.387. The molecule has 0 aliphatic carbocycles. The molecule has 84 valence electrons. The monoisotopic (exact) mass is 219 g/mol. The Morgan fingerprint density at radius 1 is 1.20 bits per heavy atom. The third-order valence-electron chi connectivity index (χ3n) is 2.08. The summed E-state index contributed by atoms with van der Waals surface area (Å²) in [7, 11) is 0. The summed E-state index contributed by atoms with van der Waals surface area (Å²) >= 11 is 0. The molecular formula is C10H12F3NO. The van der Waals surface area contributed by atoms with Crippen LogP contribution >= 0.6 is 0 Å². The number of aliphatic hydroxyl groups excluding tert-OH is 1. The summed E-state index contributed by atoms with van der Waals surface area (Å²) in [4.78, 5) is 0. The second-order valence-corrected chi connectivity index (χ2v) is 3.42. The molecule has 0 saturated heterocycles. The van der Waals surface area contributed by atoms with Gasteiger partial charge in [0.2, 0.25) is 0 Å². The van der Waals surface area contributed by atoms with E-state index in [0.29, 0.717) is 5.56 Å². The highest BCUT2D eigenvalue weighted by atomic mass is 19.4. The summed E-state index contributed by atoms with van der Waals surface area (Å²) in [5.74, 6) is 0. The fraction of sp³-hybridized carbons (Fsp3) is 0.400. The lowest BCUT2D eigenvalue weighted by Crippen LogP contribution is -2.24. The summed E-state index contributed by atoms with van der Waals surface area (Å²) in [6, 6.07) is 3.82. The second kappa shape index (κ2) is 4.20. The molecule has 0 fully saturated rings. The third-order valence-corrected chi connectivity index (χ3v) is 2.08. The molecule has 0 aliphatic heterocycles. The van der Waals surface area contributed by atoms with Gasteiger partial charge in [-0.25, -0.2) is 0 Å². The highest BCUT2D eigenvalue weighted by Gasteiger charge is 2.30. The first-order chi connectivity index (χ1) is 6.82. The molecule has 0 amide bonds. The lowest BCUT2D eigenvalue weighted by Gasteiger charge is -2.15. The van der Waals surface area contributed by atoms with Gasteiger partial charge in [0.15, 0.2) is 0 Å². The van der Waals surface area contributed by atoms with E-state index in [2.05, 4.69) is 0 Å². The van der Waals surface area contributed by atoms with Crippen LogP contribution in [0.5, 0.6) is 0 Å². The van der Waals surface area contributed by atoms with Gasteiger partial charge < -0.3 is 10.8 Å². The summed E-state index contributed by atoms with van der Waals surface area (Å²) in [5.41, 5.74) is 5.07. The van der Waals surface area contributed by atoms with Crippen molar-refractivity contribution in [2.75, 3.05) is 0 Å². The molecule has 1 rings (SSSR count). The molecule has 0 saturated carbocycles. The van der Waals surface area contributed by atoms with Crippen LogP contribution < -0.4 is 5.73 Å². The Hall–Kier alpha value is -1.07. The van der Waals surface area contributed by atoms with Gasteiger partial charge in [-0.3, -0.25) is 0 Å². The predicted molar refractivity (Wildman–Crippen MR) is 50.1 cm³/mol. The van der Waals surface area contributed by atoms with Gasteiger partial charge in [0.25, 0.3) is 0 Å². The van der Waals surface area contributed by atoms with Crippen LogP contribution in [0.25, 0.3) is 0 Å². The number of benzene rings is 1. The van der Waals surface area contributed by atoms with Crippen molar-refractivity contribution in [3.63, 3.8) is 0 Å². The molecule has 5 heteroatoms. The van der Waals surface area contributed by atoms with Gasteiger partial charge in [0.1, 0.15) is 0 Å². The first-order valence-electron chi connectivity index (χ1n) is 4.43. The number of hydrogen-bond acceptors (Lipinski definition) is 2. The molecule has 1 aromatic carbocycles. The van der Waals surface area contributed by atoms with E-state index in [1.165, 1.54) is 12.1 Å². The van der Waals surface area contributed by atoms with E-state index in [1.54, 1.807) is 6.92 Å². The summed E-state index contributed by atoms with van der Waals surface area (Å²) in [5, 5.41) is 9.49. The van der Waals surface area contributed by atoms with Crippen LogP contribution in [0.4, 0.5) is 13.2 Å². The van der Waals surface area contributed by atoms with E-state index in [1.807, 2.05) is 0 Å². The van der Waals surface area contributed by atoms with Gasteiger partial charge in [0, 0.05) is 6.04 Å². The molecule has 2 nitrogen and oxygen atoms in total. The summed E-state index contributed by atoms with van der Waals surface area (Å²) < 4.78 is 36.6. The molecule has 0 bridgehead atoms. The first kappa shape index (κ1) is 12.0. The molecule has 0 aromatic heterocycles. The molecule has 0 radical (unpaired) electrons. The maximum Gasteiger partial charge on any atom is 0.416 e. The first-order valence-corrected chi connectivity index (χ1v) is 4.43. The van der Waals surface area contributed by atoms with Crippen LogP contribution in [0, 0.1) is 0 Å². The van der Waals surface area contributed by atoms with Crippen LogP contribution in [0.3, 0.4) is 0 Å². The van der Waals surface area contributed by atoms with Gasteiger partial charge in [0.05, 0.1) is 11.7 Å². The van der Waals surface area contributed by atoms with E-state index in [-0.39, 0.29) is 0 Å². The fourth-order valence-corrected chi connectivity index (χ4v) is 1.17. The maximum atomic E-state index is 12.2. The zero-order valence-corrected chi connectivity index (χ0v) is 8.12. The molecule has 0 spiro atoms. The standard InChI is InChI=1S/C10H12F3NO/c1-6(14)9(15)7-2-4-8(5-3-7)10(11,12)13/h2-6,9,15H,14H2,1H3/t6-,9-/m1/s1. The topological polar surface area (TPSA) is 46.2 Å². The largest absolute Gasteiger partial charge is 0.416 e. The van der Waals surface area contributed by atoms with Gasteiger partial charge in [-0.05, 0) is 24.6 Å². The third kappa shape index (κ3) is 2.94. The summed E-state index contributed by atoms with van der Waals surface area (Å²) in [6.45, 7) is 1.59. The highest BCUT2D eigenvalue weighted by Crippen LogP contribution is 2.30. The van der Waals surface area contributed by atoms with Gasteiger partial charge >= 0.3 is 6.18 Å². The molecule has 0 unspecified atom stereocenters. The highest BCUT2D eigenvalue weighted by molar-refractivity contribution is 5.26. The Labute approximate surface area is 85.5 Å². The number of aliphatic hydroxyl groups is 1. The fourth-order valence-electron chi connectivity index (χ4n) is 1.17. The van der Waals surface area contributed by atoms with Crippen molar-refractivity contribution in [3.05, 3.63) is 35.4 Å². The van der Waals surface area contributed by atoms with Crippen molar-refractivity contribution in [2.24, 2.45) is 5.73 Å².